The Kier molecular flexibility index (Phi) is 5.04. The number of aromatic amines is 1. The van der Waals surface area contributed by atoms with E-state index in [1.54, 1.807) is 17.8 Å². The molecule has 1 amide bonds. The second-order valence-electron chi connectivity index (χ2n) is 5.51. The van der Waals surface area contributed by atoms with Gasteiger partial charge in [-0.25, -0.2) is 0 Å². The summed E-state index contributed by atoms with van der Waals surface area (Å²) in [6, 6.07) is 14.2. The summed E-state index contributed by atoms with van der Waals surface area (Å²) in [5, 5.41) is 19.5. The molecule has 0 aliphatic heterocycles. The highest BCUT2D eigenvalue weighted by atomic mass is 32.2. The summed E-state index contributed by atoms with van der Waals surface area (Å²) in [5.41, 5.74) is 1.76. The number of carbonyl (C=O) groups excluding carboxylic acids is 1. The minimum Gasteiger partial charge on any atom is -0.481 e. The van der Waals surface area contributed by atoms with Crippen LogP contribution in [-0.2, 0) is 4.79 Å². The summed E-state index contributed by atoms with van der Waals surface area (Å²) in [6.45, 7) is 0. The number of nitrogens with zero attached hydrogens (tertiary/aromatic N) is 1. The van der Waals surface area contributed by atoms with Gasteiger partial charge in [0, 0.05) is 10.3 Å². The predicted molar refractivity (Wildman–Crippen MR) is 96.8 cm³/mol. The number of thioether (sulfide) groups is 1. The van der Waals surface area contributed by atoms with Crippen LogP contribution in [0.15, 0.2) is 53.4 Å². The highest BCUT2D eigenvalue weighted by molar-refractivity contribution is 7.98. The Morgan fingerprint density at radius 2 is 1.92 bits per heavy atom. The van der Waals surface area contributed by atoms with Crippen LogP contribution in [0.1, 0.15) is 28.5 Å². The van der Waals surface area contributed by atoms with E-state index in [9.17, 15) is 14.7 Å². The zero-order valence-corrected chi connectivity index (χ0v) is 14.3. The number of amides is 1. The molecule has 6 nitrogen and oxygen atoms in total. The molecule has 3 rings (SSSR count). The van der Waals surface area contributed by atoms with Crippen molar-refractivity contribution in [2.24, 2.45) is 0 Å². The van der Waals surface area contributed by atoms with Crippen LogP contribution >= 0.6 is 11.8 Å². The smallest absolute Gasteiger partial charge is 0.305 e. The van der Waals surface area contributed by atoms with Crippen LogP contribution in [0.2, 0.25) is 0 Å². The lowest BCUT2D eigenvalue weighted by molar-refractivity contribution is -0.137. The maximum atomic E-state index is 12.6. The minimum atomic E-state index is -0.980. The summed E-state index contributed by atoms with van der Waals surface area (Å²) in [5.74, 6) is -1.39. The normalized spacial score (nSPS) is 12.0. The van der Waals surface area contributed by atoms with Crippen molar-refractivity contribution in [1.82, 2.24) is 15.5 Å². The van der Waals surface area contributed by atoms with Gasteiger partial charge >= 0.3 is 5.97 Å². The summed E-state index contributed by atoms with van der Waals surface area (Å²) >= 11 is 1.60. The second-order valence-corrected chi connectivity index (χ2v) is 6.39. The van der Waals surface area contributed by atoms with Gasteiger partial charge in [0.2, 0.25) is 0 Å². The van der Waals surface area contributed by atoms with E-state index >= 15 is 0 Å². The van der Waals surface area contributed by atoms with E-state index in [0.717, 1.165) is 16.0 Å². The number of aliphatic carboxylic acids is 1. The van der Waals surface area contributed by atoms with Gasteiger partial charge in [-0.2, -0.15) is 5.10 Å². The number of para-hydroxylation sites is 1. The topological polar surface area (TPSA) is 95.1 Å². The number of hydrogen-bond donors (Lipinski definition) is 3. The fourth-order valence-corrected chi connectivity index (χ4v) is 3.03. The molecule has 0 radical (unpaired) electrons. The fourth-order valence-electron chi connectivity index (χ4n) is 2.63. The van der Waals surface area contributed by atoms with Gasteiger partial charge in [0.1, 0.15) is 0 Å². The zero-order valence-electron chi connectivity index (χ0n) is 13.5. The Morgan fingerprint density at radius 1 is 1.20 bits per heavy atom. The molecule has 0 saturated heterocycles. The van der Waals surface area contributed by atoms with Crippen LogP contribution in [0.5, 0.6) is 0 Å². The molecule has 0 aliphatic carbocycles. The lowest BCUT2D eigenvalue weighted by Gasteiger charge is -2.17. The number of H-pyrrole nitrogens is 1. The van der Waals surface area contributed by atoms with Crippen molar-refractivity contribution in [2.75, 3.05) is 6.26 Å². The molecule has 3 N–H and O–H groups in total. The fraction of sp³-hybridized carbons (Fsp3) is 0.167. The van der Waals surface area contributed by atoms with E-state index in [4.69, 9.17) is 0 Å². The zero-order chi connectivity index (χ0) is 17.8. The Bertz CT molecular complexity index is 905. The monoisotopic (exact) mass is 355 g/mol. The van der Waals surface area contributed by atoms with Gasteiger partial charge in [-0.3, -0.25) is 14.7 Å². The van der Waals surface area contributed by atoms with E-state index in [2.05, 4.69) is 15.5 Å². The van der Waals surface area contributed by atoms with Gasteiger partial charge < -0.3 is 10.4 Å². The molecule has 25 heavy (non-hydrogen) atoms. The van der Waals surface area contributed by atoms with E-state index in [1.807, 2.05) is 48.7 Å². The van der Waals surface area contributed by atoms with Gasteiger partial charge in [0.25, 0.3) is 5.91 Å². The van der Waals surface area contributed by atoms with Gasteiger partial charge in [0.15, 0.2) is 5.69 Å². The molecule has 0 fully saturated rings. The van der Waals surface area contributed by atoms with E-state index < -0.39 is 17.9 Å². The van der Waals surface area contributed by atoms with Crippen molar-refractivity contribution >= 4 is 34.5 Å². The summed E-state index contributed by atoms with van der Waals surface area (Å²) in [6.07, 6.45) is 1.76. The van der Waals surface area contributed by atoms with Crippen molar-refractivity contribution in [3.63, 3.8) is 0 Å². The van der Waals surface area contributed by atoms with Gasteiger partial charge in [-0.15, -0.1) is 11.8 Å². The third kappa shape index (κ3) is 3.83. The molecule has 1 aromatic heterocycles. The summed E-state index contributed by atoms with van der Waals surface area (Å²) < 4.78 is 0. The van der Waals surface area contributed by atoms with Crippen LogP contribution < -0.4 is 5.32 Å². The van der Waals surface area contributed by atoms with Crippen molar-refractivity contribution in [3.05, 3.63) is 59.8 Å². The lowest BCUT2D eigenvalue weighted by atomic mass is 10.0. The number of benzene rings is 2. The molecule has 2 aromatic carbocycles. The maximum Gasteiger partial charge on any atom is 0.305 e. The van der Waals surface area contributed by atoms with Crippen molar-refractivity contribution < 1.29 is 14.7 Å². The van der Waals surface area contributed by atoms with Crippen LogP contribution in [0.4, 0.5) is 0 Å². The number of carbonyl (C=O) groups is 2. The largest absolute Gasteiger partial charge is 0.481 e. The van der Waals surface area contributed by atoms with Crippen LogP contribution in [0, 0.1) is 0 Å². The van der Waals surface area contributed by atoms with Crippen LogP contribution in [0.3, 0.4) is 0 Å². The van der Waals surface area contributed by atoms with E-state index in [1.165, 1.54) is 0 Å². The second kappa shape index (κ2) is 7.40. The number of aromatic nitrogens is 2. The third-order valence-corrected chi connectivity index (χ3v) is 4.63. The molecule has 0 bridgehead atoms. The number of carboxylic acid groups (broad SMARTS) is 1. The Labute approximate surface area is 148 Å². The first-order chi connectivity index (χ1) is 12.1. The van der Waals surface area contributed by atoms with Crippen molar-refractivity contribution in [3.8, 4) is 0 Å². The number of rotatable bonds is 6. The van der Waals surface area contributed by atoms with E-state index in [-0.39, 0.29) is 12.1 Å². The molecule has 1 atom stereocenters. The summed E-state index contributed by atoms with van der Waals surface area (Å²) in [7, 11) is 0. The molecule has 0 saturated carbocycles. The maximum absolute atomic E-state index is 12.6. The number of hydrogen-bond acceptors (Lipinski definition) is 4. The summed E-state index contributed by atoms with van der Waals surface area (Å²) in [4.78, 5) is 24.9. The molecular weight excluding hydrogens is 338 g/mol. The predicted octanol–water partition coefficient (Wildman–Crippen LogP) is 3.23. The Morgan fingerprint density at radius 3 is 2.60 bits per heavy atom. The first-order valence-electron chi connectivity index (χ1n) is 7.68. The van der Waals surface area contributed by atoms with E-state index in [0.29, 0.717) is 5.39 Å². The SMILES string of the molecule is CSc1ccc(C(CC(=O)O)NC(=O)c2n[nH]c3ccccc23)cc1. The van der Waals surface area contributed by atoms with Crippen LogP contribution in [0.25, 0.3) is 10.9 Å². The highest BCUT2D eigenvalue weighted by Crippen LogP contribution is 2.23. The number of fused-ring (bicyclic) bond motifs is 1. The standard InChI is InChI=1S/C18H17N3O3S/c1-25-12-8-6-11(7-9-12)15(10-16(22)23)19-18(24)17-13-4-2-3-5-14(13)20-21-17/h2-9,15H,10H2,1H3,(H,19,24)(H,20,21)(H,22,23). The molecule has 0 aliphatic rings. The molecule has 3 aromatic rings. The minimum absolute atomic E-state index is 0.202. The molecule has 7 heteroatoms. The molecular formula is C18H17N3O3S. The van der Waals surface area contributed by atoms with Crippen molar-refractivity contribution in [2.45, 2.75) is 17.4 Å². The van der Waals surface area contributed by atoms with Crippen LogP contribution in [-0.4, -0.2) is 33.4 Å². The van der Waals surface area contributed by atoms with Gasteiger partial charge in [-0.1, -0.05) is 30.3 Å². The van der Waals surface area contributed by atoms with Crippen molar-refractivity contribution in [1.29, 1.82) is 0 Å². The molecule has 1 unspecified atom stereocenters. The quantitative estimate of drug-likeness (QED) is 0.590. The first-order valence-corrected chi connectivity index (χ1v) is 8.90. The average molecular weight is 355 g/mol. The van der Waals surface area contributed by atoms with Gasteiger partial charge in [-0.05, 0) is 30.0 Å². The van der Waals surface area contributed by atoms with Gasteiger partial charge in [0.05, 0.1) is 18.0 Å². The Balaban J connectivity index is 1.86. The number of nitrogens with one attached hydrogen (secondary N) is 2. The number of carboxylic acids is 1. The Hall–Kier alpha value is -2.80. The first kappa shape index (κ1) is 17.0. The third-order valence-electron chi connectivity index (χ3n) is 3.89. The average Bonchev–Trinajstić information content (AvgIpc) is 3.05. The molecule has 1 heterocycles. The molecule has 128 valence electrons. The molecule has 0 spiro atoms. The highest BCUT2D eigenvalue weighted by Gasteiger charge is 2.21. The lowest BCUT2D eigenvalue weighted by Crippen LogP contribution is -2.30.